The number of rotatable bonds is 3. The molecule has 2 atom stereocenters. The van der Waals surface area contributed by atoms with E-state index in [1.807, 2.05) is 6.07 Å². The number of amides is 1. The first-order valence-corrected chi connectivity index (χ1v) is 6.19. The molecule has 2 heterocycles. The van der Waals surface area contributed by atoms with Gasteiger partial charge in [0.25, 0.3) is 0 Å². The second-order valence-electron chi connectivity index (χ2n) is 4.02. The van der Waals surface area contributed by atoms with Gasteiger partial charge in [-0.3, -0.25) is 9.78 Å². The van der Waals surface area contributed by atoms with E-state index < -0.39 is 12.2 Å². The maximum absolute atomic E-state index is 12.9. The van der Waals surface area contributed by atoms with Crippen LogP contribution in [0.15, 0.2) is 22.9 Å². The minimum absolute atomic E-state index is 0.162. The number of pyridine rings is 1. The topological polar surface area (TPSA) is 54.0 Å². The Morgan fingerprint density at radius 1 is 1.65 bits per heavy atom. The Hall–Kier alpha value is -1.01. The molecule has 1 aliphatic heterocycles. The summed E-state index contributed by atoms with van der Waals surface area (Å²) in [5, 5.41) is 5.60. The van der Waals surface area contributed by atoms with Crippen molar-refractivity contribution in [3.63, 3.8) is 0 Å². The summed E-state index contributed by atoms with van der Waals surface area (Å²) in [5.74, 6) is -0.162. The maximum Gasteiger partial charge on any atom is 0.237 e. The molecule has 6 heteroatoms. The Kier molecular flexibility index (Phi) is 4.06. The normalized spacial score (nSPS) is 23.6. The third-order valence-corrected chi connectivity index (χ3v) is 3.06. The van der Waals surface area contributed by atoms with Gasteiger partial charge in [0.15, 0.2) is 0 Å². The first-order valence-electron chi connectivity index (χ1n) is 5.40. The van der Waals surface area contributed by atoms with Crippen molar-refractivity contribution in [3.05, 3.63) is 28.5 Å². The molecule has 92 valence electrons. The van der Waals surface area contributed by atoms with Gasteiger partial charge in [-0.1, -0.05) is 0 Å². The molecule has 1 aliphatic rings. The molecule has 1 amide bonds. The predicted molar refractivity (Wildman–Crippen MR) is 65.1 cm³/mol. The van der Waals surface area contributed by atoms with E-state index in [4.69, 9.17) is 0 Å². The summed E-state index contributed by atoms with van der Waals surface area (Å²) in [6.07, 6.45) is 2.70. The number of nitrogens with zero attached hydrogens (tertiary/aromatic N) is 1. The Morgan fingerprint density at radius 2 is 2.47 bits per heavy atom. The molecule has 1 saturated heterocycles. The molecule has 0 radical (unpaired) electrons. The second-order valence-corrected chi connectivity index (χ2v) is 4.94. The first-order chi connectivity index (χ1) is 8.15. The van der Waals surface area contributed by atoms with Gasteiger partial charge in [-0.2, -0.15) is 0 Å². The van der Waals surface area contributed by atoms with Crippen molar-refractivity contribution in [1.82, 2.24) is 15.6 Å². The molecule has 2 rings (SSSR count). The van der Waals surface area contributed by atoms with E-state index in [9.17, 15) is 9.18 Å². The lowest BCUT2D eigenvalue weighted by molar-refractivity contribution is -0.123. The average Bonchev–Trinajstić information content (AvgIpc) is 2.73. The number of carbonyl (C=O) groups is 1. The van der Waals surface area contributed by atoms with Crippen LogP contribution in [0.2, 0.25) is 0 Å². The van der Waals surface area contributed by atoms with Crippen LogP contribution in [0.4, 0.5) is 4.39 Å². The van der Waals surface area contributed by atoms with Crippen LogP contribution in [0, 0.1) is 0 Å². The minimum atomic E-state index is -0.918. The minimum Gasteiger partial charge on any atom is -0.351 e. The summed E-state index contributed by atoms with van der Waals surface area (Å²) >= 11 is 3.31. The van der Waals surface area contributed by atoms with Crippen LogP contribution < -0.4 is 10.6 Å². The highest BCUT2D eigenvalue weighted by Crippen LogP contribution is 2.11. The fourth-order valence-corrected chi connectivity index (χ4v) is 2.17. The van der Waals surface area contributed by atoms with Gasteiger partial charge >= 0.3 is 0 Å². The van der Waals surface area contributed by atoms with Gasteiger partial charge in [0.05, 0.1) is 6.04 Å². The highest BCUT2D eigenvalue weighted by atomic mass is 79.9. The lowest BCUT2D eigenvalue weighted by atomic mass is 10.2. The van der Waals surface area contributed by atoms with Crippen molar-refractivity contribution in [2.45, 2.75) is 25.2 Å². The van der Waals surface area contributed by atoms with Gasteiger partial charge < -0.3 is 10.6 Å². The molecular formula is C11H13BrFN3O. The van der Waals surface area contributed by atoms with Gasteiger partial charge in [0, 0.05) is 36.4 Å². The van der Waals surface area contributed by atoms with Crippen LogP contribution in [0.25, 0.3) is 0 Å². The molecule has 1 aromatic rings. The van der Waals surface area contributed by atoms with Crippen LogP contribution in [0.5, 0.6) is 0 Å². The van der Waals surface area contributed by atoms with Gasteiger partial charge in [-0.05, 0) is 27.6 Å². The number of nitrogens with one attached hydrogen (secondary N) is 2. The number of carbonyl (C=O) groups excluding carboxylic acids is 1. The van der Waals surface area contributed by atoms with Gasteiger partial charge in [-0.15, -0.1) is 0 Å². The molecule has 0 aromatic carbocycles. The molecule has 1 aromatic heterocycles. The predicted octanol–water partition coefficient (Wildman–Crippen LogP) is 1.16. The third-order valence-electron chi connectivity index (χ3n) is 2.62. The monoisotopic (exact) mass is 301 g/mol. The second kappa shape index (κ2) is 5.55. The summed E-state index contributed by atoms with van der Waals surface area (Å²) in [4.78, 5) is 15.7. The summed E-state index contributed by atoms with van der Waals surface area (Å²) in [6, 6.07) is 1.47. The number of halogens is 2. The SMILES string of the molecule is O=C(NCc1cncc(Br)c1)C1CC(F)CN1. The summed E-state index contributed by atoms with van der Waals surface area (Å²) < 4.78 is 13.8. The van der Waals surface area contributed by atoms with Crippen molar-refractivity contribution in [1.29, 1.82) is 0 Å². The zero-order chi connectivity index (χ0) is 12.3. The molecule has 0 aliphatic carbocycles. The fraction of sp³-hybridized carbons (Fsp3) is 0.455. The summed E-state index contributed by atoms with van der Waals surface area (Å²) in [7, 11) is 0. The molecule has 17 heavy (non-hydrogen) atoms. The van der Waals surface area contributed by atoms with Crippen molar-refractivity contribution >= 4 is 21.8 Å². The Bertz CT molecular complexity index is 415. The van der Waals surface area contributed by atoms with E-state index in [2.05, 4.69) is 31.5 Å². The maximum atomic E-state index is 12.9. The standard InChI is InChI=1S/C11H13BrFN3O/c12-8-1-7(3-14-5-8)4-16-11(17)10-2-9(13)6-15-10/h1,3,5,9-10,15H,2,4,6H2,(H,16,17). The Balaban J connectivity index is 1.84. The highest BCUT2D eigenvalue weighted by Gasteiger charge is 2.28. The zero-order valence-electron chi connectivity index (χ0n) is 9.12. The van der Waals surface area contributed by atoms with Crippen molar-refractivity contribution in [2.75, 3.05) is 6.54 Å². The fourth-order valence-electron chi connectivity index (χ4n) is 1.76. The van der Waals surface area contributed by atoms with E-state index in [-0.39, 0.29) is 18.9 Å². The van der Waals surface area contributed by atoms with E-state index >= 15 is 0 Å². The summed E-state index contributed by atoms with van der Waals surface area (Å²) in [5.41, 5.74) is 0.905. The molecular weight excluding hydrogens is 289 g/mol. The third kappa shape index (κ3) is 3.47. The molecule has 0 spiro atoms. The summed E-state index contributed by atoms with van der Waals surface area (Å²) in [6.45, 7) is 0.664. The van der Waals surface area contributed by atoms with Crippen LogP contribution in [-0.4, -0.2) is 29.6 Å². The highest BCUT2D eigenvalue weighted by molar-refractivity contribution is 9.10. The quantitative estimate of drug-likeness (QED) is 0.881. The van der Waals surface area contributed by atoms with Crippen LogP contribution in [0.3, 0.4) is 0 Å². The average molecular weight is 302 g/mol. The van der Waals surface area contributed by atoms with E-state index in [1.54, 1.807) is 12.4 Å². The molecule has 4 nitrogen and oxygen atoms in total. The van der Waals surface area contributed by atoms with E-state index in [0.717, 1.165) is 10.0 Å². The van der Waals surface area contributed by atoms with Crippen LogP contribution in [-0.2, 0) is 11.3 Å². The van der Waals surface area contributed by atoms with E-state index in [0.29, 0.717) is 6.54 Å². The lowest BCUT2D eigenvalue weighted by Gasteiger charge is -2.10. The van der Waals surface area contributed by atoms with Gasteiger partial charge in [-0.25, -0.2) is 4.39 Å². The largest absolute Gasteiger partial charge is 0.351 e. The van der Waals surface area contributed by atoms with Gasteiger partial charge in [0.2, 0.25) is 5.91 Å². The van der Waals surface area contributed by atoms with Crippen LogP contribution >= 0.6 is 15.9 Å². The molecule has 2 N–H and O–H groups in total. The first kappa shape index (κ1) is 12.4. The van der Waals surface area contributed by atoms with Gasteiger partial charge in [0.1, 0.15) is 6.17 Å². The van der Waals surface area contributed by atoms with Crippen LogP contribution in [0.1, 0.15) is 12.0 Å². The number of hydrogen-bond donors (Lipinski definition) is 2. The number of aromatic nitrogens is 1. The molecule has 0 bridgehead atoms. The Morgan fingerprint density at radius 3 is 3.12 bits per heavy atom. The lowest BCUT2D eigenvalue weighted by Crippen LogP contribution is -2.40. The molecule has 0 saturated carbocycles. The number of hydrogen-bond acceptors (Lipinski definition) is 3. The van der Waals surface area contributed by atoms with Crippen molar-refractivity contribution in [2.24, 2.45) is 0 Å². The van der Waals surface area contributed by atoms with Crippen molar-refractivity contribution in [3.8, 4) is 0 Å². The molecule has 2 unspecified atom stereocenters. The zero-order valence-corrected chi connectivity index (χ0v) is 10.7. The molecule has 1 fully saturated rings. The number of alkyl halides is 1. The Labute approximate surface area is 107 Å². The smallest absolute Gasteiger partial charge is 0.237 e. The van der Waals surface area contributed by atoms with E-state index in [1.165, 1.54) is 0 Å². The van der Waals surface area contributed by atoms with Crippen molar-refractivity contribution < 1.29 is 9.18 Å².